The van der Waals surface area contributed by atoms with Crippen LogP contribution in [0, 0.1) is 0 Å². The highest BCUT2D eigenvalue weighted by atomic mass is 16.3. The van der Waals surface area contributed by atoms with Gasteiger partial charge in [0.2, 0.25) is 0 Å². The molecule has 2 N–H and O–H groups in total. The van der Waals surface area contributed by atoms with Crippen LogP contribution in [0.3, 0.4) is 0 Å². The summed E-state index contributed by atoms with van der Waals surface area (Å²) in [6, 6.07) is 60.8. The predicted octanol–water partition coefficient (Wildman–Crippen LogP) is 11.6. The summed E-state index contributed by atoms with van der Waals surface area (Å²) in [6.45, 7) is 0.453. The molecule has 0 radical (unpaired) electrons. The molecule has 0 aliphatic rings. The fraction of sp³-hybridized carbons (Fsp3) is 0.0213. The van der Waals surface area contributed by atoms with Gasteiger partial charge in [-0.15, -0.1) is 0 Å². The quantitative estimate of drug-likeness (QED) is 0.143. The number of nitrogens with two attached hydrogens (primary N) is 1. The largest absolute Gasteiger partial charge is 0.455 e. The second kappa shape index (κ2) is 12.9. The third-order valence-electron chi connectivity index (χ3n) is 9.54. The number of benzene rings is 8. The summed E-state index contributed by atoms with van der Waals surface area (Å²) in [5, 5.41) is 6.58. The van der Waals surface area contributed by atoms with Crippen molar-refractivity contribution in [2.75, 3.05) is 0 Å². The third-order valence-corrected chi connectivity index (χ3v) is 9.54. The van der Waals surface area contributed by atoms with Gasteiger partial charge in [0, 0.05) is 27.5 Å². The molecule has 9 aromatic rings. The predicted molar refractivity (Wildman–Crippen MR) is 213 cm³/mol. The number of hydrogen-bond donors (Lipinski definition) is 1. The highest BCUT2D eigenvalue weighted by Crippen LogP contribution is 2.37. The van der Waals surface area contributed by atoms with E-state index in [-0.39, 0.29) is 0 Å². The molecule has 0 fully saturated rings. The number of rotatable bonds is 6. The lowest BCUT2D eigenvalue weighted by Crippen LogP contribution is -2.17. The minimum Gasteiger partial charge on any atom is -0.455 e. The Morgan fingerprint density at radius 2 is 1.22 bits per heavy atom. The van der Waals surface area contributed by atoms with Crippen molar-refractivity contribution in [1.29, 1.82) is 0 Å². The van der Waals surface area contributed by atoms with Crippen molar-refractivity contribution in [1.82, 2.24) is 0 Å². The lowest BCUT2D eigenvalue weighted by atomic mass is 10.00. The molecule has 0 amide bonds. The van der Waals surface area contributed by atoms with E-state index in [1.54, 1.807) is 0 Å². The molecular formula is C47H33N3O. The molecule has 0 saturated heterocycles. The van der Waals surface area contributed by atoms with E-state index >= 15 is 0 Å². The number of aliphatic imine (C=N–C) groups is 2. The van der Waals surface area contributed by atoms with Crippen molar-refractivity contribution in [2.45, 2.75) is 6.54 Å². The van der Waals surface area contributed by atoms with E-state index in [9.17, 15) is 0 Å². The zero-order valence-electron chi connectivity index (χ0n) is 27.8. The van der Waals surface area contributed by atoms with Crippen molar-refractivity contribution in [2.24, 2.45) is 15.7 Å². The van der Waals surface area contributed by atoms with E-state index in [4.69, 9.17) is 20.1 Å². The smallest absolute Gasteiger partial charge is 0.157 e. The van der Waals surface area contributed by atoms with Crippen LogP contribution in [0.1, 0.15) is 16.7 Å². The van der Waals surface area contributed by atoms with Gasteiger partial charge in [-0.25, -0.2) is 4.99 Å². The summed E-state index contributed by atoms with van der Waals surface area (Å²) in [7, 11) is 0. The molecule has 0 bridgehead atoms. The van der Waals surface area contributed by atoms with Gasteiger partial charge in [0.15, 0.2) is 5.84 Å². The number of furan rings is 1. The van der Waals surface area contributed by atoms with Crippen LogP contribution in [-0.4, -0.2) is 11.7 Å². The molecule has 242 valence electrons. The lowest BCUT2D eigenvalue weighted by molar-refractivity contribution is 0.670. The summed E-state index contributed by atoms with van der Waals surface area (Å²) in [5.41, 5.74) is 15.9. The van der Waals surface area contributed by atoms with Crippen LogP contribution in [0.2, 0.25) is 0 Å². The van der Waals surface area contributed by atoms with E-state index in [0.717, 1.165) is 60.5 Å². The highest BCUT2D eigenvalue weighted by Gasteiger charge is 2.17. The van der Waals surface area contributed by atoms with E-state index in [1.165, 1.54) is 21.9 Å². The minimum absolute atomic E-state index is 0.382. The molecule has 8 aromatic carbocycles. The van der Waals surface area contributed by atoms with Crippen LogP contribution in [0.4, 0.5) is 0 Å². The van der Waals surface area contributed by atoms with Gasteiger partial charge in [-0.2, -0.15) is 0 Å². The zero-order chi connectivity index (χ0) is 34.1. The molecule has 0 unspecified atom stereocenters. The van der Waals surface area contributed by atoms with Crippen molar-refractivity contribution in [3.05, 3.63) is 193 Å². The van der Waals surface area contributed by atoms with Gasteiger partial charge in [-0.3, -0.25) is 4.99 Å². The van der Waals surface area contributed by atoms with Crippen LogP contribution >= 0.6 is 0 Å². The van der Waals surface area contributed by atoms with Gasteiger partial charge in [0.25, 0.3) is 0 Å². The Labute approximate surface area is 295 Å². The monoisotopic (exact) mass is 655 g/mol. The second-order valence-corrected chi connectivity index (χ2v) is 12.8. The maximum absolute atomic E-state index is 6.94. The fourth-order valence-electron chi connectivity index (χ4n) is 6.97. The van der Waals surface area contributed by atoms with Gasteiger partial charge in [-0.1, -0.05) is 152 Å². The molecule has 0 saturated carbocycles. The molecule has 0 aliphatic heterocycles. The van der Waals surface area contributed by atoms with E-state index in [2.05, 4.69) is 127 Å². The first kappa shape index (κ1) is 30.3. The van der Waals surface area contributed by atoms with Crippen LogP contribution < -0.4 is 5.73 Å². The topological polar surface area (TPSA) is 63.9 Å². The minimum atomic E-state index is 0.382. The van der Waals surface area contributed by atoms with E-state index in [0.29, 0.717) is 18.2 Å². The molecule has 1 heterocycles. The summed E-state index contributed by atoms with van der Waals surface area (Å²) in [6.07, 6.45) is 0. The van der Waals surface area contributed by atoms with Crippen molar-refractivity contribution in [3.63, 3.8) is 0 Å². The number of hydrogen-bond acceptors (Lipinski definition) is 2. The third kappa shape index (κ3) is 5.83. The summed E-state index contributed by atoms with van der Waals surface area (Å²) < 4.78 is 6.50. The highest BCUT2D eigenvalue weighted by molar-refractivity contribution is 6.22. The summed E-state index contributed by atoms with van der Waals surface area (Å²) in [4.78, 5) is 10.2. The lowest BCUT2D eigenvalue weighted by Gasteiger charge is -2.09. The molecule has 0 atom stereocenters. The Bertz CT molecular complexity index is 2780. The van der Waals surface area contributed by atoms with Crippen LogP contribution in [0.25, 0.3) is 65.7 Å². The van der Waals surface area contributed by atoms with Crippen LogP contribution in [-0.2, 0) is 6.54 Å². The van der Waals surface area contributed by atoms with Gasteiger partial charge >= 0.3 is 0 Å². The Kier molecular flexibility index (Phi) is 7.67. The number of para-hydroxylation sites is 1. The number of amidine groups is 2. The Hall–Kier alpha value is -6.78. The molecule has 51 heavy (non-hydrogen) atoms. The van der Waals surface area contributed by atoms with Crippen LogP contribution in [0.5, 0.6) is 0 Å². The molecule has 4 nitrogen and oxygen atoms in total. The Morgan fingerprint density at radius 1 is 0.529 bits per heavy atom. The SMILES string of the molecule is NC(=NC(=NCc1ccc2cc(-c3ccccc3)ccc2c1)c1ccc2ccccc2c1)c1cccc2oc3c(-c4ccccc4)cccc3c12. The molecular weight excluding hydrogens is 623 g/mol. The molecule has 9 rings (SSSR count). The number of nitrogens with zero attached hydrogens (tertiary/aromatic N) is 2. The summed E-state index contributed by atoms with van der Waals surface area (Å²) >= 11 is 0. The average Bonchev–Trinajstić information content (AvgIpc) is 3.59. The first-order valence-corrected chi connectivity index (χ1v) is 17.1. The Balaban J connectivity index is 1.13. The Morgan fingerprint density at radius 3 is 2.06 bits per heavy atom. The summed E-state index contributed by atoms with van der Waals surface area (Å²) in [5.74, 6) is 0.958. The van der Waals surface area contributed by atoms with E-state index < -0.39 is 0 Å². The molecule has 0 aliphatic carbocycles. The maximum atomic E-state index is 6.94. The maximum Gasteiger partial charge on any atom is 0.157 e. The normalized spacial score (nSPS) is 12.3. The average molecular weight is 656 g/mol. The molecule has 4 heteroatoms. The van der Waals surface area contributed by atoms with Gasteiger partial charge in [-0.05, 0) is 68.1 Å². The van der Waals surface area contributed by atoms with Crippen molar-refractivity contribution < 1.29 is 4.42 Å². The van der Waals surface area contributed by atoms with Gasteiger partial charge in [0.05, 0.1) is 6.54 Å². The van der Waals surface area contributed by atoms with E-state index in [1.807, 2.05) is 48.5 Å². The zero-order valence-corrected chi connectivity index (χ0v) is 27.8. The standard InChI is InChI=1S/C47H33N3O/c48-46(42-19-10-20-43-44(42)41-18-9-17-40(45(41)51-43)34-14-5-2-6-15-34)50-47(39-26-23-33-13-7-8-16-35(33)29-39)49-30-31-21-22-38-28-37(25-24-36(38)27-31)32-11-3-1-4-12-32/h1-29H,30H2,(H2,48,49,50). The second-order valence-electron chi connectivity index (χ2n) is 12.8. The number of fused-ring (bicyclic) bond motifs is 5. The van der Waals surface area contributed by atoms with Crippen LogP contribution in [0.15, 0.2) is 190 Å². The van der Waals surface area contributed by atoms with Crippen molar-refractivity contribution >= 4 is 55.2 Å². The van der Waals surface area contributed by atoms with Crippen molar-refractivity contribution in [3.8, 4) is 22.3 Å². The molecule has 0 spiro atoms. The fourth-order valence-corrected chi connectivity index (χ4v) is 6.97. The van der Waals surface area contributed by atoms with Gasteiger partial charge < -0.3 is 10.2 Å². The van der Waals surface area contributed by atoms with Gasteiger partial charge in [0.1, 0.15) is 17.0 Å². The first-order valence-electron chi connectivity index (χ1n) is 17.1. The molecule has 1 aromatic heterocycles. The first-order chi connectivity index (χ1) is 25.2.